The number of halogens is 3. The number of rotatable bonds is 1. The molecule has 0 radical (unpaired) electrons. The molecule has 2 aliphatic heterocycles. The molecule has 3 nitrogen and oxygen atoms in total. The molecule has 0 spiro atoms. The second-order valence-electron chi connectivity index (χ2n) is 5.50. The quantitative estimate of drug-likeness (QED) is 0.798. The van der Waals surface area contributed by atoms with Crippen LogP contribution in [0.2, 0.25) is 0 Å². The molecule has 6 heteroatoms. The molecule has 114 valence electrons. The number of hydrogen-bond acceptors (Lipinski definition) is 2. The molecule has 0 N–H and O–H groups in total. The first-order valence-corrected chi connectivity index (χ1v) is 7.06. The van der Waals surface area contributed by atoms with Crippen molar-refractivity contribution in [3.63, 3.8) is 0 Å². The van der Waals surface area contributed by atoms with Gasteiger partial charge in [-0.3, -0.25) is 4.79 Å². The van der Waals surface area contributed by atoms with E-state index in [-0.39, 0.29) is 11.8 Å². The lowest BCUT2D eigenvalue weighted by Gasteiger charge is -2.31. The predicted octanol–water partition coefficient (Wildman–Crippen LogP) is 3.02. The Morgan fingerprint density at radius 1 is 1.33 bits per heavy atom. The SMILES string of the molecule is O=C(C1CCOC1)N1CCCc2cc(C(F)(F)F)ccc21. The van der Waals surface area contributed by atoms with Crippen molar-refractivity contribution in [1.82, 2.24) is 0 Å². The molecule has 1 aromatic carbocycles. The summed E-state index contributed by atoms with van der Waals surface area (Å²) in [5, 5.41) is 0. The molecule has 21 heavy (non-hydrogen) atoms. The van der Waals surface area contributed by atoms with Gasteiger partial charge >= 0.3 is 6.18 Å². The molecule has 1 saturated heterocycles. The minimum absolute atomic E-state index is 0.0341. The number of benzene rings is 1. The van der Waals surface area contributed by atoms with Crippen LogP contribution in [0, 0.1) is 5.92 Å². The standard InChI is InChI=1S/C15H16F3NO2/c16-15(17,18)12-3-4-13-10(8-12)2-1-6-19(13)14(20)11-5-7-21-9-11/h3-4,8,11H,1-2,5-7,9H2. The molecular weight excluding hydrogens is 283 g/mol. The highest BCUT2D eigenvalue weighted by Crippen LogP contribution is 2.36. The minimum atomic E-state index is -4.35. The summed E-state index contributed by atoms with van der Waals surface area (Å²) in [7, 11) is 0. The summed E-state index contributed by atoms with van der Waals surface area (Å²) < 4.78 is 43.5. The summed E-state index contributed by atoms with van der Waals surface area (Å²) in [6.45, 7) is 1.54. The van der Waals surface area contributed by atoms with Gasteiger partial charge in [0, 0.05) is 18.8 Å². The van der Waals surface area contributed by atoms with Gasteiger partial charge in [-0.15, -0.1) is 0 Å². The van der Waals surface area contributed by atoms with Gasteiger partial charge in [0.05, 0.1) is 18.1 Å². The van der Waals surface area contributed by atoms with E-state index < -0.39 is 11.7 Å². The van der Waals surface area contributed by atoms with Crippen LogP contribution in [-0.4, -0.2) is 25.7 Å². The number of hydrogen-bond donors (Lipinski definition) is 0. The monoisotopic (exact) mass is 299 g/mol. The Morgan fingerprint density at radius 2 is 2.14 bits per heavy atom. The molecule has 2 aliphatic rings. The predicted molar refractivity (Wildman–Crippen MR) is 71.0 cm³/mol. The highest BCUT2D eigenvalue weighted by Gasteiger charge is 2.34. The second-order valence-corrected chi connectivity index (χ2v) is 5.50. The zero-order valence-electron chi connectivity index (χ0n) is 11.4. The van der Waals surface area contributed by atoms with Crippen LogP contribution >= 0.6 is 0 Å². The lowest BCUT2D eigenvalue weighted by atomic mass is 9.97. The van der Waals surface area contributed by atoms with E-state index in [9.17, 15) is 18.0 Å². The third-order valence-corrected chi connectivity index (χ3v) is 4.07. The molecule has 1 amide bonds. The number of anilines is 1. The molecule has 2 heterocycles. The van der Waals surface area contributed by atoms with Gasteiger partial charge in [-0.1, -0.05) is 0 Å². The van der Waals surface area contributed by atoms with Crippen molar-refractivity contribution < 1.29 is 22.7 Å². The maximum atomic E-state index is 12.8. The fraction of sp³-hybridized carbons (Fsp3) is 0.533. The van der Waals surface area contributed by atoms with Gasteiger partial charge in [-0.2, -0.15) is 13.2 Å². The van der Waals surface area contributed by atoms with Crippen LogP contribution < -0.4 is 4.90 Å². The Balaban J connectivity index is 1.89. The average molecular weight is 299 g/mol. The van der Waals surface area contributed by atoms with Gasteiger partial charge in [0.1, 0.15) is 0 Å². The van der Waals surface area contributed by atoms with Gasteiger partial charge in [0.2, 0.25) is 5.91 Å². The van der Waals surface area contributed by atoms with Gasteiger partial charge in [0.15, 0.2) is 0 Å². The molecule has 0 aliphatic carbocycles. The van der Waals surface area contributed by atoms with Crippen LogP contribution in [0.5, 0.6) is 0 Å². The Kier molecular flexibility index (Phi) is 3.65. The van der Waals surface area contributed by atoms with Crippen molar-refractivity contribution in [2.45, 2.75) is 25.4 Å². The van der Waals surface area contributed by atoms with Gasteiger partial charge in [-0.05, 0) is 43.0 Å². The van der Waals surface area contributed by atoms with Crippen LogP contribution in [0.4, 0.5) is 18.9 Å². The summed E-state index contributed by atoms with van der Waals surface area (Å²) in [6, 6.07) is 3.64. The molecule has 0 aromatic heterocycles. The fourth-order valence-corrected chi connectivity index (χ4v) is 2.95. The van der Waals surface area contributed by atoms with E-state index in [1.807, 2.05) is 0 Å². The number of carbonyl (C=O) groups excluding carboxylic acids is 1. The molecule has 1 aromatic rings. The lowest BCUT2D eigenvalue weighted by Crippen LogP contribution is -2.40. The molecule has 1 atom stereocenters. The Bertz CT molecular complexity index is 550. The van der Waals surface area contributed by atoms with Gasteiger partial charge in [-0.25, -0.2) is 0 Å². The van der Waals surface area contributed by atoms with E-state index in [1.165, 1.54) is 12.1 Å². The van der Waals surface area contributed by atoms with E-state index in [0.29, 0.717) is 50.3 Å². The first-order chi connectivity index (χ1) is 9.97. The summed E-state index contributed by atoms with van der Waals surface area (Å²) in [5.74, 6) is -0.202. The first kappa shape index (κ1) is 14.4. The third-order valence-electron chi connectivity index (χ3n) is 4.07. The van der Waals surface area contributed by atoms with Crippen LogP contribution in [0.25, 0.3) is 0 Å². The number of alkyl halides is 3. The van der Waals surface area contributed by atoms with Crippen LogP contribution in [-0.2, 0) is 22.1 Å². The first-order valence-electron chi connectivity index (χ1n) is 7.06. The van der Waals surface area contributed by atoms with Crippen LogP contribution in [0.15, 0.2) is 18.2 Å². The zero-order valence-corrected chi connectivity index (χ0v) is 11.4. The summed E-state index contributed by atoms with van der Waals surface area (Å²) in [4.78, 5) is 14.1. The molecule has 1 fully saturated rings. The molecular formula is C15H16F3NO2. The van der Waals surface area contributed by atoms with E-state index in [2.05, 4.69) is 0 Å². The van der Waals surface area contributed by atoms with E-state index in [1.54, 1.807) is 4.90 Å². The third kappa shape index (κ3) is 2.77. The number of amides is 1. The minimum Gasteiger partial charge on any atom is -0.381 e. The number of fused-ring (bicyclic) bond motifs is 1. The van der Waals surface area contributed by atoms with Gasteiger partial charge in [0.25, 0.3) is 0 Å². The normalized spacial score (nSPS) is 22.2. The average Bonchev–Trinajstić information content (AvgIpc) is 2.98. The maximum Gasteiger partial charge on any atom is 0.416 e. The van der Waals surface area contributed by atoms with Crippen LogP contribution in [0.3, 0.4) is 0 Å². The summed E-state index contributed by atoms with van der Waals surface area (Å²) >= 11 is 0. The highest BCUT2D eigenvalue weighted by molar-refractivity contribution is 5.96. The number of carbonyl (C=O) groups is 1. The molecule has 0 saturated carbocycles. The Labute approximate surface area is 120 Å². The molecule has 0 bridgehead atoms. The van der Waals surface area contributed by atoms with Crippen LogP contribution in [0.1, 0.15) is 24.0 Å². The second kappa shape index (κ2) is 5.33. The highest BCUT2D eigenvalue weighted by atomic mass is 19.4. The molecule has 3 rings (SSSR count). The number of ether oxygens (including phenoxy) is 1. The van der Waals surface area contributed by atoms with E-state index in [4.69, 9.17) is 4.74 Å². The maximum absolute atomic E-state index is 12.8. The zero-order chi connectivity index (χ0) is 15.0. The van der Waals surface area contributed by atoms with Gasteiger partial charge < -0.3 is 9.64 Å². The number of aryl methyl sites for hydroxylation is 1. The Hall–Kier alpha value is -1.56. The summed E-state index contributed by atoms with van der Waals surface area (Å²) in [6.07, 6.45) is -2.40. The van der Waals surface area contributed by atoms with Crippen molar-refractivity contribution in [1.29, 1.82) is 0 Å². The van der Waals surface area contributed by atoms with Crippen molar-refractivity contribution in [3.8, 4) is 0 Å². The largest absolute Gasteiger partial charge is 0.416 e. The lowest BCUT2D eigenvalue weighted by molar-refractivity contribution is -0.137. The molecule has 1 unspecified atom stereocenters. The smallest absolute Gasteiger partial charge is 0.381 e. The number of nitrogens with zero attached hydrogens (tertiary/aromatic N) is 1. The Morgan fingerprint density at radius 3 is 2.81 bits per heavy atom. The summed E-state index contributed by atoms with van der Waals surface area (Å²) in [5.41, 5.74) is 0.564. The van der Waals surface area contributed by atoms with Crippen molar-refractivity contribution in [2.75, 3.05) is 24.7 Å². The van der Waals surface area contributed by atoms with Crippen molar-refractivity contribution in [2.24, 2.45) is 5.92 Å². The van der Waals surface area contributed by atoms with Crippen molar-refractivity contribution in [3.05, 3.63) is 29.3 Å². The van der Waals surface area contributed by atoms with E-state index >= 15 is 0 Å². The van der Waals surface area contributed by atoms with E-state index in [0.717, 1.165) is 6.07 Å². The topological polar surface area (TPSA) is 29.5 Å². The fourth-order valence-electron chi connectivity index (χ4n) is 2.95. The van der Waals surface area contributed by atoms with Crippen molar-refractivity contribution >= 4 is 11.6 Å².